The van der Waals surface area contributed by atoms with Crippen LogP contribution in [0.4, 0.5) is 0 Å². The van der Waals surface area contributed by atoms with Crippen LogP contribution in [-0.2, 0) is 6.42 Å². The van der Waals surface area contributed by atoms with Crippen molar-refractivity contribution in [1.29, 1.82) is 0 Å². The minimum Gasteiger partial charge on any atom is -0.454 e. The predicted molar refractivity (Wildman–Crippen MR) is 94.6 cm³/mol. The van der Waals surface area contributed by atoms with Crippen LogP contribution in [0.5, 0.6) is 11.5 Å². The van der Waals surface area contributed by atoms with Crippen LogP contribution in [0.25, 0.3) is 0 Å². The van der Waals surface area contributed by atoms with Crippen molar-refractivity contribution in [3.8, 4) is 11.5 Å². The first-order valence-electron chi connectivity index (χ1n) is 8.85. The van der Waals surface area contributed by atoms with Crippen molar-refractivity contribution < 1.29 is 9.47 Å². The molecular weight excluding hydrogens is 302 g/mol. The molecule has 2 N–H and O–H groups in total. The van der Waals surface area contributed by atoms with Crippen molar-refractivity contribution >= 4 is 6.21 Å². The first kappa shape index (κ1) is 15.7. The lowest BCUT2D eigenvalue weighted by Crippen LogP contribution is -2.53. The van der Waals surface area contributed by atoms with Crippen LogP contribution >= 0.6 is 0 Å². The minimum atomic E-state index is -0.201. The molecule has 24 heavy (non-hydrogen) atoms. The number of benzene rings is 1. The van der Waals surface area contributed by atoms with Crippen LogP contribution in [-0.4, -0.2) is 43.7 Å². The normalized spacial score (nSPS) is 29.1. The summed E-state index contributed by atoms with van der Waals surface area (Å²) in [6.07, 6.45) is 10.9. The lowest BCUT2D eigenvalue weighted by atomic mass is 9.76. The number of allylic oxidation sites excluding steroid dienone is 1. The third-order valence-corrected chi connectivity index (χ3v) is 5.37. The molecule has 128 valence electrons. The molecular formula is C19H25N3O2. The van der Waals surface area contributed by atoms with Gasteiger partial charge in [0.25, 0.3) is 0 Å². The van der Waals surface area contributed by atoms with Crippen molar-refractivity contribution in [2.24, 2.45) is 16.1 Å². The Morgan fingerprint density at radius 1 is 1.21 bits per heavy atom. The van der Waals surface area contributed by atoms with Crippen LogP contribution in [0, 0.1) is 5.41 Å². The fourth-order valence-electron chi connectivity index (χ4n) is 4.10. The van der Waals surface area contributed by atoms with E-state index >= 15 is 0 Å². The molecule has 0 aliphatic carbocycles. The van der Waals surface area contributed by atoms with Crippen molar-refractivity contribution in [2.75, 3.05) is 26.4 Å². The number of nitrogens with two attached hydrogens (primary N) is 1. The summed E-state index contributed by atoms with van der Waals surface area (Å²) in [7, 11) is 0. The fraction of sp³-hybridized carbons (Fsp3) is 0.526. The van der Waals surface area contributed by atoms with Crippen molar-refractivity contribution in [1.82, 2.24) is 4.90 Å². The van der Waals surface area contributed by atoms with Gasteiger partial charge in [-0.2, -0.15) is 0 Å². The number of hydrogen-bond acceptors (Lipinski definition) is 5. The van der Waals surface area contributed by atoms with Gasteiger partial charge in [0.15, 0.2) is 11.5 Å². The molecule has 0 saturated carbocycles. The van der Waals surface area contributed by atoms with E-state index in [9.17, 15) is 0 Å². The van der Waals surface area contributed by atoms with Gasteiger partial charge in [0.1, 0.15) is 6.17 Å². The highest BCUT2D eigenvalue weighted by Crippen LogP contribution is 2.42. The Balaban J connectivity index is 1.65. The number of dihydropyridines is 1. The van der Waals surface area contributed by atoms with Crippen molar-refractivity contribution in [3.63, 3.8) is 0 Å². The number of piperidine rings is 1. The molecule has 1 saturated heterocycles. The number of aliphatic imine (C=N–C) groups is 1. The molecule has 5 heteroatoms. The Kier molecular flexibility index (Phi) is 4.29. The Morgan fingerprint density at radius 3 is 2.92 bits per heavy atom. The minimum absolute atomic E-state index is 0.103. The summed E-state index contributed by atoms with van der Waals surface area (Å²) < 4.78 is 11.2. The van der Waals surface area contributed by atoms with Crippen LogP contribution in [0.3, 0.4) is 0 Å². The Bertz CT molecular complexity index is 652. The lowest BCUT2D eigenvalue weighted by molar-refractivity contribution is 0.0846. The highest BCUT2D eigenvalue weighted by molar-refractivity contribution is 5.73. The number of para-hydroxylation sites is 1. The van der Waals surface area contributed by atoms with Crippen LogP contribution in [0.2, 0.25) is 0 Å². The second-order valence-corrected chi connectivity index (χ2v) is 6.89. The van der Waals surface area contributed by atoms with E-state index in [1.54, 1.807) is 0 Å². The van der Waals surface area contributed by atoms with Gasteiger partial charge in [-0.15, -0.1) is 0 Å². The molecule has 5 nitrogen and oxygen atoms in total. The fourth-order valence-corrected chi connectivity index (χ4v) is 4.10. The maximum Gasteiger partial charge on any atom is 0.231 e. The highest BCUT2D eigenvalue weighted by atomic mass is 16.7. The summed E-state index contributed by atoms with van der Waals surface area (Å²) in [6.45, 7) is 3.06. The molecule has 1 fully saturated rings. The zero-order valence-corrected chi connectivity index (χ0v) is 14.0. The van der Waals surface area contributed by atoms with Crippen LogP contribution < -0.4 is 15.2 Å². The number of likely N-dealkylation sites (tertiary alicyclic amines) is 1. The quantitative estimate of drug-likeness (QED) is 0.922. The highest BCUT2D eigenvalue weighted by Gasteiger charge is 2.41. The summed E-state index contributed by atoms with van der Waals surface area (Å²) in [5.41, 5.74) is 7.26. The van der Waals surface area contributed by atoms with E-state index in [0.29, 0.717) is 13.3 Å². The molecule has 4 rings (SSSR count). The van der Waals surface area contributed by atoms with Crippen LogP contribution in [0.15, 0.2) is 35.3 Å². The number of ether oxygens (including phenoxy) is 2. The summed E-state index contributed by atoms with van der Waals surface area (Å²) in [4.78, 5) is 7.33. The average Bonchev–Trinajstić information content (AvgIpc) is 3.13. The summed E-state index contributed by atoms with van der Waals surface area (Å²) in [5, 5.41) is 0. The van der Waals surface area contributed by atoms with Crippen molar-refractivity contribution in [3.05, 3.63) is 35.9 Å². The molecule has 1 aromatic carbocycles. The van der Waals surface area contributed by atoms with Gasteiger partial charge < -0.3 is 15.2 Å². The SMILES string of the molecule is NCC1(Cc2cccc3c2OCO3)C=CC=NC1N1CCCCC1. The maximum absolute atomic E-state index is 6.30. The number of fused-ring (bicyclic) bond motifs is 1. The zero-order valence-electron chi connectivity index (χ0n) is 14.0. The molecule has 0 bridgehead atoms. The first-order chi connectivity index (χ1) is 11.8. The van der Waals surface area contributed by atoms with Gasteiger partial charge >= 0.3 is 0 Å². The van der Waals surface area contributed by atoms with Gasteiger partial charge in [-0.05, 0) is 37.0 Å². The largest absolute Gasteiger partial charge is 0.454 e. The molecule has 3 aliphatic heterocycles. The zero-order chi connectivity index (χ0) is 16.4. The molecule has 3 heterocycles. The summed E-state index contributed by atoms with van der Waals surface area (Å²) in [5.74, 6) is 1.70. The molecule has 0 amide bonds. The maximum atomic E-state index is 6.30. The molecule has 2 atom stereocenters. The van der Waals surface area contributed by atoms with Gasteiger partial charge in [0.05, 0.1) is 0 Å². The van der Waals surface area contributed by atoms with Crippen LogP contribution in [0.1, 0.15) is 24.8 Å². The van der Waals surface area contributed by atoms with Gasteiger partial charge in [0.2, 0.25) is 6.79 Å². The molecule has 0 aromatic heterocycles. The molecule has 0 radical (unpaired) electrons. The van der Waals surface area contributed by atoms with Gasteiger partial charge in [-0.1, -0.05) is 24.6 Å². The average molecular weight is 327 g/mol. The molecule has 2 unspecified atom stereocenters. The van der Waals surface area contributed by atoms with E-state index in [1.807, 2.05) is 24.4 Å². The van der Waals surface area contributed by atoms with Gasteiger partial charge in [0, 0.05) is 31.3 Å². The topological polar surface area (TPSA) is 60.1 Å². The Morgan fingerprint density at radius 2 is 2.08 bits per heavy atom. The summed E-state index contributed by atoms with van der Waals surface area (Å²) in [6, 6.07) is 6.10. The van der Waals surface area contributed by atoms with E-state index in [1.165, 1.54) is 19.3 Å². The van der Waals surface area contributed by atoms with Crippen molar-refractivity contribution in [2.45, 2.75) is 31.8 Å². The van der Waals surface area contributed by atoms with E-state index in [2.05, 4.69) is 17.0 Å². The standard InChI is InChI=1S/C19H25N3O2/c20-13-19(12-15-6-4-7-16-17(15)24-14-23-16)8-5-9-21-18(19)22-10-2-1-3-11-22/h4-9,18H,1-3,10-14,20H2. The van der Waals surface area contributed by atoms with E-state index in [0.717, 1.165) is 36.6 Å². The second-order valence-electron chi connectivity index (χ2n) is 6.89. The number of nitrogens with zero attached hydrogens (tertiary/aromatic N) is 2. The van der Waals surface area contributed by atoms with E-state index in [-0.39, 0.29) is 11.6 Å². The predicted octanol–water partition coefficient (Wildman–Crippen LogP) is 2.36. The molecule has 1 aromatic rings. The van der Waals surface area contributed by atoms with Gasteiger partial charge in [-0.25, -0.2) is 0 Å². The lowest BCUT2D eigenvalue weighted by Gasteiger charge is -2.44. The number of hydrogen-bond donors (Lipinski definition) is 1. The summed E-state index contributed by atoms with van der Waals surface area (Å²) >= 11 is 0. The Hall–Kier alpha value is -1.85. The Labute approximate surface area is 143 Å². The number of rotatable bonds is 4. The van der Waals surface area contributed by atoms with E-state index in [4.69, 9.17) is 20.2 Å². The molecule has 3 aliphatic rings. The molecule has 0 spiro atoms. The van der Waals surface area contributed by atoms with Gasteiger partial charge in [-0.3, -0.25) is 9.89 Å². The third kappa shape index (κ3) is 2.72. The first-order valence-corrected chi connectivity index (χ1v) is 8.85. The third-order valence-electron chi connectivity index (χ3n) is 5.37. The monoisotopic (exact) mass is 327 g/mol. The van der Waals surface area contributed by atoms with E-state index < -0.39 is 0 Å². The second kappa shape index (κ2) is 6.57. The smallest absolute Gasteiger partial charge is 0.231 e.